The van der Waals surface area contributed by atoms with Gasteiger partial charge >= 0.3 is 0 Å². The molecule has 164 valence electrons. The van der Waals surface area contributed by atoms with Gasteiger partial charge < -0.3 is 16.0 Å². The van der Waals surface area contributed by atoms with Crippen molar-refractivity contribution >= 4 is 36.6 Å². The van der Waals surface area contributed by atoms with Crippen molar-refractivity contribution in [1.29, 1.82) is 0 Å². The Kier molecular flexibility index (Phi) is 11.1. The van der Waals surface area contributed by atoms with Gasteiger partial charge in [-0.2, -0.15) is 0 Å². The molecule has 1 saturated heterocycles. The molecule has 0 spiro atoms. The summed E-state index contributed by atoms with van der Waals surface area (Å²) in [6.45, 7) is 5.79. The van der Waals surface area contributed by atoms with Crippen LogP contribution in [0.1, 0.15) is 58.3 Å². The maximum absolute atomic E-state index is 12.5. The van der Waals surface area contributed by atoms with Gasteiger partial charge in [0.2, 0.25) is 11.8 Å². The number of nitrogens with one attached hydrogen (secondary N) is 1. The maximum atomic E-state index is 12.5. The van der Waals surface area contributed by atoms with Gasteiger partial charge in [0, 0.05) is 44.7 Å². The number of carbonyl (C=O) groups excluding carboxylic acids is 2. The van der Waals surface area contributed by atoms with E-state index in [0.29, 0.717) is 24.9 Å². The van der Waals surface area contributed by atoms with E-state index in [1.54, 1.807) is 0 Å². The zero-order chi connectivity index (χ0) is 18.5. The van der Waals surface area contributed by atoms with Crippen molar-refractivity contribution in [3.63, 3.8) is 0 Å². The van der Waals surface area contributed by atoms with Crippen molar-refractivity contribution in [1.82, 2.24) is 15.1 Å². The predicted octanol–water partition coefficient (Wildman–Crippen LogP) is 2.19. The Morgan fingerprint density at radius 3 is 2.18 bits per heavy atom. The molecule has 3 aliphatic rings. The van der Waals surface area contributed by atoms with Crippen LogP contribution < -0.4 is 11.1 Å². The van der Waals surface area contributed by atoms with E-state index in [0.717, 1.165) is 64.2 Å². The molecule has 0 aromatic heterocycles. The standard InChI is InChI=1S/C20H36N4O2.2ClH/c1-15-5-7-17(8-6-15)22-19(25)14-23-9-11-24(12-10-23)20(26)13-16-3-2-4-18(16)21;;/h15-18H,2-14,21H2,1H3,(H,22,25);2*1H/t15?,16-,17?,18+;;/m0../s1. The van der Waals surface area contributed by atoms with Crippen molar-refractivity contribution < 1.29 is 9.59 Å². The van der Waals surface area contributed by atoms with Gasteiger partial charge in [-0.25, -0.2) is 0 Å². The number of carbonyl (C=O) groups is 2. The van der Waals surface area contributed by atoms with E-state index in [1.165, 1.54) is 12.8 Å². The Hall–Kier alpha value is -0.560. The van der Waals surface area contributed by atoms with Crippen LogP contribution in [-0.4, -0.2) is 66.4 Å². The molecule has 0 aromatic rings. The third-order valence-corrected chi connectivity index (χ3v) is 6.63. The minimum Gasteiger partial charge on any atom is -0.352 e. The second kappa shape index (κ2) is 12.2. The van der Waals surface area contributed by atoms with Gasteiger partial charge in [-0.3, -0.25) is 14.5 Å². The van der Waals surface area contributed by atoms with Crippen LogP contribution in [0.5, 0.6) is 0 Å². The number of nitrogens with zero attached hydrogens (tertiary/aromatic N) is 2. The number of hydrogen-bond donors (Lipinski definition) is 2. The Bertz CT molecular complexity index is 493. The molecule has 6 nitrogen and oxygen atoms in total. The average Bonchev–Trinajstić information content (AvgIpc) is 3.02. The summed E-state index contributed by atoms with van der Waals surface area (Å²) in [4.78, 5) is 28.9. The molecule has 28 heavy (non-hydrogen) atoms. The molecule has 3 N–H and O–H groups in total. The Labute approximate surface area is 182 Å². The number of halogens is 2. The molecular formula is C20H38Cl2N4O2. The van der Waals surface area contributed by atoms with Crippen molar-refractivity contribution in [3.8, 4) is 0 Å². The highest BCUT2D eigenvalue weighted by Gasteiger charge is 2.29. The van der Waals surface area contributed by atoms with Crippen molar-refractivity contribution in [3.05, 3.63) is 0 Å². The topological polar surface area (TPSA) is 78.7 Å². The number of piperazine rings is 1. The summed E-state index contributed by atoms with van der Waals surface area (Å²) in [7, 11) is 0. The second-order valence-electron chi connectivity index (χ2n) is 8.74. The predicted molar refractivity (Wildman–Crippen MR) is 117 cm³/mol. The quantitative estimate of drug-likeness (QED) is 0.691. The first kappa shape index (κ1) is 25.5. The van der Waals surface area contributed by atoms with Crippen LogP contribution in [0.4, 0.5) is 0 Å². The Morgan fingerprint density at radius 1 is 0.964 bits per heavy atom. The summed E-state index contributed by atoms with van der Waals surface area (Å²) in [6, 6.07) is 0.559. The van der Waals surface area contributed by atoms with E-state index in [9.17, 15) is 9.59 Å². The van der Waals surface area contributed by atoms with Gasteiger partial charge in [0.1, 0.15) is 0 Å². The first-order valence-electron chi connectivity index (χ1n) is 10.6. The van der Waals surface area contributed by atoms with Gasteiger partial charge in [0.05, 0.1) is 6.54 Å². The number of hydrogen-bond acceptors (Lipinski definition) is 4. The third-order valence-electron chi connectivity index (χ3n) is 6.63. The highest BCUT2D eigenvalue weighted by atomic mass is 35.5. The molecule has 1 heterocycles. The smallest absolute Gasteiger partial charge is 0.234 e. The van der Waals surface area contributed by atoms with Gasteiger partial charge in [-0.15, -0.1) is 24.8 Å². The largest absolute Gasteiger partial charge is 0.352 e. The molecule has 2 aliphatic carbocycles. The summed E-state index contributed by atoms with van der Waals surface area (Å²) < 4.78 is 0. The molecule has 2 atom stereocenters. The van der Waals surface area contributed by atoms with Gasteiger partial charge in [-0.1, -0.05) is 13.3 Å². The van der Waals surface area contributed by atoms with E-state index in [-0.39, 0.29) is 42.7 Å². The van der Waals surface area contributed by atoms with E-state index in [4.69, 9.17) is 5.73 Å². The van der Waals surface area contributed by atoms with Crippen LogP contribution in [0.25, 0.3) is 0 Å². The second-order valence-corrected chi connectivity index (χ2v) is 8.74. The van der Waals surface area contributed by atoms with E-state index >= 15 is 0 Å². The zero-order valence-corrected chi connectivity index (χ0v) is 18.7. The van der Waals surface area contributed by atoms with E-state index in [2.05, 4.69) is 17.1 Å². The van der Waals surface area contributed by atoms with Crippen LogP contribution in [0, 0.1) is 11.8 Å². The average molecular weight is 437 g/mol. The summed E-state index contributed by atoms with van der Waals surface area (Å²) in [6.07, 6.45) is 8.56. The van der Waals surface area contributed by atoms with Crippen LogP contribution >= 0.6 is 24.8 Å². The molecule has 8 heteroatoms. The van der Waals surface area contributed by atoms with Gasteiger partial charge in [-0.05, 0) is 50.4 Å². The van der Waals surface area contributed by atoms with Crippen LogP contribution in [0.3, 0.4) is 0 Å². The lowest BCUT2D eigenvalue weighted by molar-refractivity contribution is -0.134. The minimum atomic E-state index is 0. The molecule has 0 bridgehead atoms. The van der Waals surface area contributed by atoms with Gasteiger partial charge in [0.25, 0.3) is 0 Å². The number of rotatable bonds is 5. The van der Waals surface area contributed by atoms with E-state index < -0.39 is 0 Å². The lowest BCUT2D eigenvalue weighted by Gasteiger charge is -2.35. The van der Waals surface area contributed by atoms with Crippen molar-refractivity contribution in [2.75, 3.05) is 32.7 Å². The zero-order valence-electron chi connectivity index (χ0n) is 17.1. The van der Waals surface area contributed by atoms with Crippen molar-refractivity contribution in [2.45, 2.75) is 70.4 Å². The monoisotopic (exact) mass is 436 g/mol. The highest BCUT2D eigenvalue weighted by Crippen LogP contribution is 2.27. The summed E-state index contributed by atoms with van der Waals surface area (Å²) >= 11 is 0. The van der Waals surface area contributed by atoms with E-state index in [1.807, 2.05) is 4.90 Å². The first-order valence-corrected chi connectivity index (χ1v) is 10.6. The van der Waals surface area contributed by atoms with Crippen molar-refractivity contribution in [2.24, 2.45) is 17.6 Å². The summed E-state index contributed by atoms with van der Waals surface area (Å²) in [5.41, 5.74) is 6.09. The summed E-state index contributed by atoms with van der Waals surface area (Å²) in [5, 5.41) is 3.20. The molecule has 3 fully saturated rings. The lowest BCUT2D eigenvalue weighted by atomic mass is 9.87. The molecular weight excluding hydrogens is 399 g/mol. The number of amides is 2. The Balaban J connectivity index is 0.00000196. The van der Waals surface area contributed by atoms with Crippen LogP contribution in [0.2, 0.25) is 0 Å². The maximum Gasteiger partial charge on any atom is 0.234 e. The fourth-order valence-electron chi connectivity index (χ4n) is 4.71. The fraction of sp³-hybridized carbons (Fsp3) is 0.900. The molecule has 0 radical (unpaired) electrons. The molecule has 2 amide bonds. The SMILES string of the molecule is CC1CCC(NC(=O)CN2CCN(C(=O)C[C@@H]3CCC[C@H]3N)CC2)CC1.Cl.Cl. The molecule has 1 aliphatic heterocycles. The van der Waals surface area contributed by atoms with Crippen LogP contribution in [0.15, 0.2) is 0 Å². The summed E-state index contributed by atoms with van der Waals surface area (Å²) in [5.74, 6) is 1.55. The van der Waals surface area contributed by atoms with Crippen LogP contribution in [-0.2, 0) is 9.59 Å². The van der Waals surface area contributed by atoms with Gasteiger partial charge in [0.15, 0.2) is 0 Å². The Morgan fingerprint density at radius 2 is 1.61 bits per heavy atom. The third kappa shape index (κ3) is 7.36. The molecule has 3 rings (SSSR count). The normalized spacial score (nSPS) is 30.9. The fourth-order valence-corrected chi connectivity index (χ4v) is 4.71. The minimum absolute atomic E-state index is 0. The lowest BCUT2D eigenvalue weighted by Crippen LogP contribution is -2.52. The molecule has 2 saturated carbocycles. The molecule has 0 unspecified atom stereocenters. The number of nitrogens with two attached hydrogens (primary N) is 1. The molecule has 0 aromatic carbocycles. The first-order chi connectivity index (χ1) is 12.5. The highest BCUT2D eigenvalue weighted by molar-refractivity contribution is 5.85.